The molecule has 1 unspecified atom stereocenters. The van der Waals surface area contributed by atoms with E-state index in [-0.39, 0.29) is 5.91 Å². The highest BCUT2D eigenvalue weighted by atomic mass is 16.2. The molecule has 0 bridgehead atoms. The van der Waals surface area contributed by atoms with E-state index < -0.39 is 0 Å². The summed E-state index contributed by atoms with van der Waals surface area (Å²) in [7, 11) is 0. The lowest BCUT2D eigenvalue weighted by molar-refractivity contribution is -0.125. The molecule has 0 spiro atoms. The third-order valence-electron chi connectivity index (χ3n) is 3.53. The maximum Gasteiger partial charge on any atom is 0.245 e. The monoisotopic (exact) mass is 179 g/mol. The van der Waals surface area contributed by atoms with E-state index in [1.807, 2.05) is 4.90 Å². The van der Waals surface area contributed by atoms with Crippen LogP contribution in [0, 0.1) is 11.8 Å². The largest absolute Gasteiger partial charge is 0.339 e. The van der Waals surface area contributed by atoms with Crippen molar-refractivity contribution in [3.63, 3.8) is 0 Å². The Labute approximate surface area is 79.6 Å². The molecule has 0 N–H and O–H groups in total. The van der Waals surface area contributed by atoms with Crippen molar-refractivity contribution in [3.8, 4) is 0 Å². The first kappa shape index (κ1) is 8.79. The molecule has 2 fully saturated rings. The Kier molecular flexibility index (Phi) is 2.38. The van der Waals surface area contributed by atoms with Gasteiger partial charge in [-0.1, -0.05) is 25.8 Å². The molecule has 2 heteroatoms. The topological polar surface area (TPSA) is 20.3 Å². The Morgan fingerprint density at radius 1 is 1.31 bits per heavy atom. The SMILES string of the molecule is C=CC(=O)N1CCC(C2CCC2)C1. The Morgan fingerprint density at radius 2 is 2.08 bits per heavy atom. The van der Waals surface area contributed by atoms with Gasteiger partial charge in [-0.25, -0.2) is 0 Å². The van der Waals surface area contributed by atoms with Gasteiger partial charge in [0.15, 0.2) is 0 Å². The number of hydrogen-bond acceptors (Lipinski definition) is 1. The minimum absolute atomic E-state index is 0.113. The first-order valence-electron chi connectivity index (χ1n) is 5.22. The smallest absolute Gasteiger partial charge is 0.245 e. The molecule has 1 saturated heterocycles. The van der Waals surface area contributed by atoms with Crippen LogP contribution in [0.15, 0.2) is 12.7 Å². The van der Waals surface area contributed by atoms with Crippen LogP contribution in [0.4, 0.5) is 0 Å². The second-order valence-corrected chi connectivity index (χ2v) is 4.23. The molecule has 1 saturated carbocycles. The van der Waals surface area contributed by atoms with Crippen molar-refractivity contribution in [1.82, 2.24) is 4.90 Å². The highest BCUT2D eigenvalue weighted by Gasteiger charge is 2.33. The summed E-state index contributed by atoms with van der Waals surface area (Å²) in [4.78, 5) is 13.2. The minimum Gasteiger partial charge on any atom is -0.339 e. The van der Waals surface area contributed by atoms with E-state index in [9.17, 15) is 4.79 Å². The van der Waals surface area contributed by atoms with E-state index in [1.54, 1.807) is 0 Å². The van der Waals surface area contributed by atoms with E-state index in [0.29, 0.717) is 0 Å². The average molecular weight is 179 g/mol. The lowest BCUT2D eigenvalue weighted by atomic mass is 9.75. The highest BCUT2D eigenvalue weighted by Crippen LogP contribution is 2.38. The zero-order valence-electron chi connectivity index (χ0n) is 8.04. The highest BCUT2D eigenvalue weighted by molar-refractivity contribution is 5.87. The Bertz CT molecular complexity index is 220. The Hall–Kier alpha value is -0.790. The lowest BCUT2D eigenvalue weighted by Crippen LogP contribution is -2.29. The van der Waals surface area contributed by atoms with Gasteiger partial charge in [-0.15, -0.1) is 0 Å². The van der Waals surface area contributed by atoms with Crippen LogP contribution >= 0.6 is 0 Å². The number of nitrogens with zero attached hydrogens (tertiary/aromatic N) is 1. The van der Waals surface area contributed by atoms with Crippen LogP contribution in [0.5, 0.6) is 0 Å². The fraction of sp³-hybridized carbons (Fsp3) is 0.727. The maximum atomic E-state index is 11.3. The quantitative estimate of drug-likeness (QED) is 0.592. The van der Waals surface area contributed by atoms with Crippen molar-refractivity contribution in [2.45, 2.75) is 25.7 Å². The molecule has 1 atom stereocenters. The zero-order valence-corrected chi connectivity index (χ0v) is 8.04. The second kappa shape index (κ2) is 3.52. The Morgan fingerprint density at radius 3 is 2.62 bits per heavy atom. The number of carbonyl (C=O) groups excluding carboxylic acids is 1. The van der Waals surface area contributed by atoms with Crippen molar-refractivity contribution in [2.24, 2.45) is 11.8 Å². The van der Waals surface area contributed by atoms with Gasteiger partial charge in [0, 0.05) is 13.1 Å². The predicted octanol–water partition coefficient (Wildman–Crippen LogP) is 1.82. The molecule has 2 nitrogen and oxygen atoms in total. The van der Waals surface area contributed by atoms with Gasteiger partial charge in [-0.05, 0) is 24.3 Å². The summed E-state index contributed by atoms with van der Waals surface area (Å²) >= 11 is 0. The number of amides is 1. The van der Waals surface area contributed by atoms with Crippen LogP contribution in [-0.2, 0) is 4.79 Å². The number of rotatable bonds is 2. The molecule has 0 aromatic carbocycles. The summed E-state index contributed by atoms with van der Waals surface area (Å²) in [6, 6.07) is 0. The van der Waals surface area contributed by atoms with Gasteiger partial charge in [0.05, 0.1) is 0 Å². The number of hydrogen-bond donors (Lipinski definition) is 0. The molecule has 1 heterocycles. The van der Waals surface area contributed by atoms with Crippen LogP contribution in [0.3, 0.4) is 0 Å². The van der Waals surface area contributed by atoms with Crippen molar-refractivity contribution in [3.05, 3.63) is 12.7 Å². The van der Waals surface area contributed by atoms with Gasteiger partial charge in [-0.3, -0.25) is 4.79 Å². The van der Waals surface area contributed by atoms with Crippen LogP contribution in [-0.4, -0.2) is 23.9 Å². The molecule has 0 aromatic heterocycles. The van der Waals surface area contributed by atoms with Gasteiger partial charge in [-0.2, -0.15) is 0 Å². The zero-order chi connectivity index (χ0) is 9.26. The minimum atomic E-state index is 0.113. The van der Waals surface area contributed by atoms with Gasteiger partial charge in [0.1, 0.15) is 0 Å². The molecule has 0 radical (unpaired) electrons. The fourth-order valence-corrected chi connectivity index (χ4v) is 2.41. The van der Waals surface area contributed by atoms with E-state index in [2.05, 4.69) is 6.58 Å². The van der Waals surface area contributed by atoms with E-state index >= 15 is 0 Å². The summed E-state index contributed by atoms with van der Waals surface area (Å²) in [6.07, 6.45) is 6.82. The third-order valence-corrected chi connectivity index (χ3v) is 3.53. The molecule has 13 heavy (non-hydrogen) atoms. The van der Waals surface area contributed by atoms with Crippen molar-refractivity contribution in [2.75, 3.05) is 13.1 Å². The van der Waals surface area contributed by atoms with Gasteiger partial charge in [0.25, 0.3) is 0 Å². The van der Waals surface area contributed by atoms with Crippen LogP contribution in [0.2, 0.25) is 0 Å². The van der Waals surface area contributed by atoms with Crippen molar-refractivity contribution < 1.29 is 4.79 Å². The molecule has 2 aliphatic rings. The van der Waals surface area contributed by atoms with Gasteiger partial charge >= 0.3 is 0 Å². The molecular formula is C11H17NO. The van der Waals surface area contributed by atoms with Crippen LogP contribution in [0.25, 0.3) is 0 Å². The summed E-state index contributed by atoms with van der Waals surface area (Å²) in [6.45, 7) is 5.45. The van der Waals surface area contributed by atoms with Crippen molar-refractivity contribution in [1.29, 1.82) is 0 Å². The van der Waals surface area contributed by atoms with Crippen molar-refractivity contribution >= 4 is 5.91 Å². The fourth-order valence-electron chi connectivity index (χ4n) is 2.41. The summed E-state index contributed by atoms with van der Waals surface area (Å²) in [5.41, 5.74) is 0. The molecule has 1 aliphatic heterocycles. The first-order chi connectivity index (χ1) is 6.31. The lowest BCUT2D eigenvalue weighted by Gasteiger charge is -2.31. The van der Waals surface area contributed by atoms with Gasteiger partial charge in [0.2, 0.25) is 5.91 Å². The summed E-state index contributed by atoms with van der Waals surface area (Å²) < 4.78 is 0. The molecule has 72 valence electrons. The summed E-state index contributed by atoms with van der Waals surface area (Å²) in [5, 5.41) is 0. The Balaban J connectivity index is 1.86. The second-order valence-electron chi connectivity index (χ2n) is 4.23. The molecule has 2 rings (SSSR count). The van der Waals surface area contributed by atoms with E-state index in [4.69, 9.17) is 0 Å². The molecule has 1 amide bonds. The molecule has 1 aliphatic carbocycles. The average Bonchev–Trinajstić information content (AvgIpc) is 2.49. The molecule has 0 aromatic rings. The van der Waals surface area contributed by atoms with E-state index in [0.717, 1.165) is 24.9 Å². The van der Waals surface area contributed by atoms with Crippen LogP contribution in [0.1, 0.15) is 25.7 Å². The standard InChI is InChI=1S/C11H17NO/c1-2-11(13)12-7-6-10(8-12)9-4-3-5-9/h2,9-10H,1,3-8H2. The van der Waals surface area contributed by atoms with Crippen LogP contribution < -0.4 is 0 Å². The number of carbonyl (C=O) groups is 1. The number of likely N-dealkylation sites (tertiary alicyclic amines) is 1. The third kappa shape index (κ3) is 1.62. The van der Waals surface area contributed by atoms with E-state index in [1.165, 1.54) is 31.8 Å². The molecular weight excluding hydrogens is 162 g/mol. The van der Waals surface area contributed by atoms with Gasteiger partial charge < -0.3 is 4.90 Å². The first-order valence-corrected chi connectivity index (χ1v) is 5.22. The normalized spacial score (nSPS) is 28.6. The predicted molar refractivity (Wildman–Crippen MR) is 52.2 cm³/mol. The maximum absolute atomic E-state index is 11.3. The summed E-state index contributed by atoms with van der Waals surface area (Å²) in [5.74, 6) is 1.82.